The first-order valence-electron chi connectivity index (χ1n) is 5.28. The van der Waals surface area contributed by atoms with E-state index in [4.69, 9.17) is 4.74 Å². The Hall–Kier alpha value is -1.35. The van der Waals surface area contributed by atoms with Crippen LogP contribution in [0.4, 0.5) is 0 Å². The first-order chi connectivity index (χ1) is 7.27. The van der Waals surface area contributed by atoms with E-state index in [1.807, 2.05) is 42.2 Å². The van der Waals surface area contributed by atoms with Crippen molar-refractivity contribution in [3.63, 3.8) is 0 Å². The molecule has 0 saturated carbocycles. The van der Waals surface area contributed by atoms with Gasteiger partial charge in [-0.1, -0.05) is 30.3 Å². The zero-order valence-electron chi connectivity index (χ0n) is 8.59. The third kappa shape index (κ3) is 1.20. The Bertz CT molecular complexity index is 390. The van der Waals surface area contributed by atoms with Gasteiger partial charge >= 0.3 is 0 Å². The molecule has 3 atom stereocenters. The Morgan fingerprint density at radius 1 is 1.33 bits per heavy atom. The van der Waals surface area contributed by atoms with Crippen molar-refractivity contribution in [2.45, 2.75) is 19.3 Å². The second-order valence-electron chi connectivity index (χ2n) is 4.21. The lowest BCUT2D eigenvalue weighted by atomic mass is 9.99. The second kappa shape index (κ2) is 3.07. The molecule has 1 amide bonds. The highest BCUT2D eigenvalue weighted by molar-refractivity contribution is 5.85. The number of benzene rings is 1. The van der Waals surface area contributed by atoms with Crippen molar-refractivity contribution in [1.29, 1.82) is 0 Å². The lowest BCUT2D eigenvalue weighted by Gasteiger charge is -2.38. The van der Waals surface area contributed by atoms with E-state index in [0.717, 1.165) is 5.56 Å². The summed E-state index contributed by atoms with van der Waals surface area (Å²) in [6.07, 6.45) is 0.0767. The van der Waals surface area contributed by atoms with Crippen LogP contribution in [0.3, 0.4) is 0 Å². The lowest BCUT2D eigenvalue weighted by Crippen LogP contribution is -2.56. The van der Waals surface area contributed by atoms with Crippen molar-refractivity contribution in [1.82, 2.24) is 4.90 Å². The Morgan fingerprint density at radius 3 is 2.73 bits per heavy atom. The summed E-state index contributed by atoms with van der Waals surface area (Å²) >= 11 is 0. The minimum absolute atomic E-state index is 0.0164. The fourth-order valence-corrected chi connectivity index (χ4v) is 2.32. The Morgan fingerprint density at radius 2 is 2.07 bits per heavy atom. The van der Waals surface area contributed by atoms with Crippen LogP contribution in [0.15, 0.2) is 30.3 Å². The molecule has 2 fully saturated rings. The fourth-order valence-electron chi connectivity index (χ4n) is 2.32. The van der Waals surface area contributed by atoms with Crippen molar-refractivity contribution < 1.29 is 9.53 Å². The molecule has 3 heteroatoms. The number of hydrogen-bond acceptors (Lipinski definition) is 2. The summed E-state index contributed by atoms with van der Waals surface area (Å²) in [5.74, 6) is 0.261. The van der Waals surface area contributed by atoms with E-state index >= 15 is 0 Å². The van der Waals surface area contributed by atoms with Crippen LogP contribution in [0, 0.1) is 5.92 Å². The molecule has 2 heterocycles. The van der Waals surface area contributed by atoms with E-state index in [9.17, 15) is 4.79 Å². The summed E-state index contributed by atoms with van der Waals surface area (Å²) in [6.45, 7) is 2.63. The quantitative estimate of drug-likeness (QED) is 0.648. The normalized spacial score (nSPS) is 33.8. The molecule has 2 aliphatic heterocycles. The van der Waals surface area contributed by atoms with Crippen molar-refractivity contribution in [3.8, 4) is 0 Å². The maximum atomic E-state index is 11.5. The van der Waals surface area contributed by atoms with Crippen molar-refractivity contribution >= 4 is 5.91 Å². The number of carbonyl (C=O) groups is 1. The van der Waals surface area contributed by atoms with E-state index in [1.54, 1.807) is 0 Å². The number of fused-ring (bicyclic) bond motifs is 1. The monoisotopic (exact) mass is 203 g/mol. The molecular formula is C12H13NO2. The summed E-state index contributed by atoms with van der Waals surface area (Å²) in [4.78, 5) is 13.3. The molecular weight excluding hydrogens is 190 g/mol. The smallest absolute Gasteiger partial charge is 0.232 e. The number of amides is 1. The molecule has 0 bridgehead atoms. The van der Waals surface area contributed by atoms with Crippen LogP contribution < -0.4 is 0 Å². The number of β-lactam (4-membered cyclic amide) rings is 1. The standard InChI is InChI=1S/C12H13NO2/c1-8-11(14)13-7-10(15-12(8)13)9-5-3-2-4-6-9/h2-6,8,10,12H,7H2,1H3/t8-,10+,12-/m1/s1. The summed E-state index contributed by atoms with van der Waals surface area (Å²) in [5, 5.41) is 0. The van der Waals surface area contributed by atoms with Gasteiger partial charge in [-0.3, -0.25) is 4.79 Å². The van der Waals surface area contributed by atoms with Gasteiger partial charge in [-0.05, 0) is 12.5 Å². The Balaban J connectivity index is 1.80. The van der Waals surface area contributed by atoms with Gasteiger partial charge in [0.15, 0.2) is 0 Å². The highest BCUT2D eigenvalue weighted by atomic mass is 16.5. The van der Waals surface area contributed by atoms with E-state index in [0.29, 0.717) is 6.54 Å². The van der Waals surface area contributed by atoms with Crippen molar-refractivity contribution in [3.05, 3.63) is 35.9 Å². The minimum atomic E-state index is 0.0164. The lowest BCUT2D eigenvalue weighted by molar-refractivity contribution is -0.170. The maximum Gasteiger partial charge on any atom is 0.232 e. The molecule has 0 unspecified atom stereocenters. The molecule has 3 nitrogen and oxygen atoms in total. The molecule has 3 rings (SSSR count). The molecule has 15 heavy (non-hydrogen) atoms. The van der Waals surface area contributed by atoms with Gasteiger partial charge in [-0.2, -0.15) is 0 Å². The predicted octanol–water partition coefficient (Wildman–Crippen LogP) is 1.56. The topological polar surface area (TPSA) is 29.5 Å². The van der Waals surface area contributed by atoms with Crippen LogP contribution >= 0.6 is 0 Å². The first kappa shape index (κ1) is 8.92. The molecule has 0 spiro atoms. The third-order valence-corrected chi connectivity index (χ3v) is 3.25. The van der Waals surface area contributed by atoms with Gasteiger partial charge in [0.2, 0.25) is 5.91 Å². The molecule has 0 radical (unpaired) electrons. The summed E-state index contributed by atoms with van der Waals surface area (Å²) in [6, 6.07) is 10.1. The van der Waals surface area contributed by atoms with Gasteiger partial charge in [0.1, 0.15) is 12.3 Å². The molecule has 0 aromatic heterocycles. The van der Waals surface area contributed by atoms with E-state index in [2.05, 4.69) is 0 Å². The predicted molar refractivity (Wildman–Crippen MR) is 54.9 cm³/mol. The average molecular weight is 203 g/mol. The molecule has 0 N–H and O–H groups in total. The number of carbonyl (C=O) groups excluding carboxylic acids is 1. The SMILES string of the molecule is C[C@@H]1C(=O)N2C[C@@H](c3ccccc3)O[C@H]12. The van der Waals surface area contributed by atoms with Gasteiger partial charge in [0.25, 0.3) is 0 Å². The number of ether oxygens (including phenoxy) is 1. The van der Waals surface area contributed by atoms with Crippen LogP contribution in [0.5, 0.6) is 0 Å². The zero-order chi connectivity index (χ0) is 10.4. The number of nitrogens with zero attached hydrogens (tertiary/aromatic N) is 1. The molecule has 78 valence electrons. The van der Waals surface area contributed by atoms with Gasteiger partial charge < -0.3 is 9.64 Å². The van der Waals surface area contributed by atoms with Gasteiger partial charge in [0.05, 0.1) is 12.5 Å². The zero-order valence-corrected chi connectivity index (χ0v) is 8.59. The second-order valence-corrected chi connectivity index (χ2v) is 4.21. The molecule has 1 aromatic carbocycles. The van der Waals surface area contributed by atoms with E-state index in [1.165, 1.54) is 0 Å². The minimum Gasteiger partial charge on any atom is -0.348 e. The van der Waals surface area contributed by atoms with Crippen LogP contribution in [0.1, 0.15) is 18.6 Å². The van der Waals surface area contributed by atoms with Crippen LogP contribution in [0.2, 0.25) is 0 Å². The number of rotatable bonds is 1. The first-order valence-corrected chi connectivity index (χ1v) is 5.28. The largest absolute Gasteiger partial charge is 0.348 e. The van der Waals surface area contributed by atoms with Gasteiger partial charge in [-0.15, -0.1) is 0 Å². The Kier molecular flexibility index (Phi) is 1.83. The van der Waals surface area contributed by atoms with Crippen molar-refractivity contribution in [2.75, 3.05) is 6.54 Å². The van der Waals surface area contributed by atoms with Gasteiger partial charge in [-0.25, -0.2) is 0 Å². The fraction of sp³-hybridized carbons (Fsp3) is 0.417. The van der Waals surface area contributed by atoms with Gasteiger partial charge in [0, 0.05) is 0 Å². The maximum absolute atomic E-state index is 11.5. The van der Waals surface area contributed by atoms with Crippen LogP contribution in [-0.2, 0) is 9.53 Å². The number of hydrogen-bond donors (Lipinski definition) is 0. The highest BCUT2D eigenvalue weighted by Gasteiger charge is 2.51. The van der Waals surface area contributed by atoms with Crippen LogP contribution in [-0.4, -0.2) is 23.6 Å². The average Bonchev–Trinajstić information content (AvgIpc) is 2.70. The summed E-state index contributed by atoms with van der Waals surface area (Å²) in [5.41, 5.74) is 1.16. The molecule has 0 aliphatic carbocycles. The van der Waals surface area contributed by atoms with E-state index < -0.39 is 0 Å². The Labute approximate surface area is 88.6 Å². The van der Waals surface area contributed by atoms with E-state index in [-0.39, 0.29) is 24.2 Å². The third-order valence-electron chi connectivity index (χ3n) is 3.25. The molecule has 2 saturated heterocycles. The summed E-state index contributed by atoms with van der Waals surface area (Å²) < 4.78 is 5.83. The molecule has 2 aliphatic rings. The molecule has 1 aromatic rings. The van der Waals surface area contributed by atoms with Crippen molar-refractivity contribution in [2.24, 2.45) is 5.92 Å². The summed E-state index contributed by atoms with van der Waals surface area (Å²) in [7, 11) is 0. The van der Waals surface area contributed by atoms with Crippen LogP contribution in [0.25, 0.3) is 0 Å². The highest BCUT2D eigenvalue weighted by Crippen LogP contribution is 2.39.